The molecule has 1 radical (unpaired) electrons. The Hall–Kier alpha value is -0.258. The van der Waals surface area contributed by atoms with Gasteiger partial charge in [0, 0.05) is 0 Å². The fraction of sp³-hybridized carbons (Fsp3) is 0.864. The van der Waals surface area contributed by atoms with Gasteiger partial charge < -0.3 is 4.74 Å². The zero-order valence-electron chi connectivity index (χ0n) is 17.7. The van der Waals surface area contributed by atoms with Crippen molar-refractivity contribution in [2.24, 2.45) is 29.6 Å². The number of carbonyl (C=O) groups is 1. The molecule has 0 amide bonds. The van der Waals surface area contributed by atoms with E-state index >= 15 is 0 Å². The summed E-state index contributed by atoms with van der Waals surface area (Å²) in [4.78, 5) is 12.7. The Morgan fingerprint density at radius 2 is 1.64 bits per heavy atom. The maximum absolute atomic E-state index is 12.7. The predicted molar refractivity (Wildman–Crippen MR) is 109 cm³/mol. The van der Waals surface area contributed by atoms with Gasteiger partial charge in [0.1, 0.15) is 6.10 Å². The quantitative estimate of drug-likeness (QED) is 0.281. The fourth-order valence-corrected chi connectivity index (χ4v) is 6.39. The van der Waals surface area contributed by atoms with Gasteiger partial charge in [0.25, 0.3) is 15.2 Å². The van der Waals surface area contributed by atoms with E-state index in [-0.39, 0.29) is 27.3 Å². The molecule has 1 saturated carbocycles. The Balaban J connectivity index is 2.65. The largest absolute Gasteiger partial charge is 0.460 e. The van der Waals surface area contributed by atoms with Gasteiger partial charge in [0.15, 0.2) is 0 Å². The van der Waals surface area contributed by atoms with E-state index in [0.29, 0.717) is 34.4 Å². The van der Waals surface area contributed by atoms with Gasteiger partial charge in [-0.2, -0.15) is 0 Å². The van der Waals surface area contributed by atoms with Crippen LogP contribution in [0.2, 0.25) is 4.78 Å². The summed E-state index contributed by atoms with van der Waals surface area (Å²) in [6.07, 6.45) is 5.91. The molecule has 0 aromatic carbocycles. The molecular weight excluding hydrogens is 323 g/mol. The highest BCUT2D eigenvalue weighted by molar-refractivity contribution is 6.54. The van der Waals surface area contributed by atoms with Crippen LogP contribution in [0.4, 0.5) is 0 Å². The van der Waals surface area contributed by atoms with Crippen LogP contribution in [0.3, 0.4) is 0 Å². The van der Waals surface area contributed by atoms with E-state index in [9.17, 15) is 4.79 Å². The molecule has 0 N–H and O–H groups in total. The molecule has 0 saturated heterocycles. The Bertz CT molecular complexity index is 418. The molecular formula is C22H40AlO2. The summed E-state index contributed by atoms with van der Waals surface area (Å²) in [7, 11) is 0. The highest BCUT2D eigenvalue weighted by atomic mass is 27.1. The molecule has 0 aromatic heterocycles. The van der Waals surface area contributed by atoms with Gasteiger partial charge in [-0.15, -0.1) is 6.58 Å². The molecule has 0 heterocycles. The lowest BCUT2D eigenvalue weighted by molar-refractivity contribution is -0.150. The molecule has 1 fully saturated rings. The fourth-order valence-electron chi connectivity index (χ4n) is 4.26. The number of ether oxygens (including phenoxy) is 1. The van der Waals surface area contributed by atoms with Crippen LogP contribution in [-0.2, 0) is 9.53 Å². The average Bonchev–Trinajstić information content (AvgIpc) is 2.45. The van der Waals surface area contributed by atoms with Crippen LogP contribution in [0.1, 0.15) is 80.6 Å². The standard InChI is InChI=1S/C13H21O2.C9H19.Al/c1-5-13(14)15-12-8-10(4)6-7-11(12)9(2)3;1-8(2)6-5-7-9(3)4;/h9-12H,1,6-8H2,2-4H3;5,8-9H,6-7H2,1-4H3;/t10-,11+,12-;;/m1../s1. The van der Waals surface area contributed by atoms with Gasteiger partial charge >= 0.3 is 5.97 Å². The summed E-state index contributed by atoms with van der Waals surface area (Å²) in [6, 6.07) is 0. The minimum atomic E-state index is -0.114. The van der Waals surface area contributed by atoms with Crippen LogP contribution in [-0.4, -0.2) is 27.3 Å². The average molecular weight is 364 g/mol. The van der Waals surface area contributed by atoms with E-state index in [0.717, 1.165) is 10.9 Å². The van der Waals surface area contributed by atoms with Gasteiger partial charge in [0.05, 0.1) is 0 Å². The van der Waals surface area contributed by atoms with Gasteiger partial charge in [-0.05, 0) is 46.9 Å². The van der Waals surface area contributed by atoms with E-state index in [4.69, 9.17) is 4.74 Å². The first-order valence-corrected chi connectivity index (χ1v) is 11.6. The summed E-state index contributed by atoms with van der Waals surface area (Å²) in [6.45, 7) is 20.0. The zero-order valence-corrected chi connectivity index (χ0v) is 18.8. The van der Waals surface area contributed by atoms with E-state index < -0.39 is 0 Å². The van der Waals surface area contributed by atoms with Crippen molar-refractivity contribution in [2.75, 3.05) is 0 Å². The molecule has 25 heavy (non-hydrogen) atoms. The lowest BCUT2D eigenvalue weighted by Crippen LogP contribution is -2.36. The minimum absolute atomic E-state index is 0.0763. The summed E-state index contributed by atoms with van der Waals surface area (Å²) < 4.78 is 7.36. The van der Waals surface area contributed by atoms with Gasteiger partial charge in [-0.25, -0.2) is 4.79 Å². The molecule has 3 heteroatoms. The van der Waals surface area contributed by atoms with Crippen molar-refractivity contribution in [3.63, 3.8) is 0 Å². The Labute approximate surface area is 162 Å². The molecule has 3 atom stereocenters. The van der Waals surface area contributed by atoms with Crippen LogP contribution in [0.15, 0.2) is 11.0 Å². The highest BCUT2D eigenvalue weighted by Crippen LogP contribution is 2.36. The Morgan fingerprint density at radius 3 is 2.12 bits per heavy atom. The van der Waals surface area contributed by atoms with Crippen LogP contribution < -0.4 is 0 Å². The predicted octanol–water partition coefficient (Wildman–Crippen LogP) is 6.09. The maximum atomic E-state index is 12.7. The van der Waals surface area contributed by atoms with Crippen molar-refractivity contribution < 1.29 is 9.53 Å². The number of hydrogen-bond donors (Lipinski definition) is 0. The normalized spacial score (nSPS) is 24.2. The lowest BCUT2D eigenvalue weighted by Gasteiger charge is -2.37. The smallest absolute Gasteiger partial charge is 0.315 e. The first-order valence-electron chi connectivity index (χ1n) is 10.3. The number of rotatable bonds is 9. The second-order valence-corrected chi connectivity index (χ2v) is 11.5. The van der Waals surface area contributed by atoms with Gasteiger partial charge in [-0.3, -0.25) is 0 Å². The van der Waals surface area contributed by atoms with E-state index in [2.05, 4.69) is 55.0 Å². The van der Waals surface area contributed by atoms with Crippen molar-refractivity contribution in [1.82, 2.24) is 0 Å². The molecule has 0 spiro atoms. The third-order valence-corrected chi connectivity index (χ3v) is 7.12. The van der Waals surface area contributed by atoms with Crippen LogP contribution in [0.5, 0.6) is 0 Å². The van der Waals surface area contributed by atoms with Crippen LogP contribution in [0.25, 0.3) is 0 Å². The maximum Gasteiger partial charge on any atom is 0.315 e. The molecule has 143 valence electrons. The number of esters is 1. The molecule has 1 aliphatic carbocycles. The molecule has 0 aromatic rings. The van der Waals surface area contributed by atoms with Crippen molar-refractivity contribution >= 4 is 21.2 Å². The third-order valence-electron chi connectivity index (χ3n) is 5.47. The molecule has 1 rings (SSSR count). The topological polar surface area (TPSA) is 26.3 Å². The monoisotopic (exact) mass is 363 g/mol. The number of hydrogen-bond acceptors (Lipinski definition) is 2. The minimum Gasteiger partial charge on any atom is -0.460 e. The summed E-state index contributed by atoms with van der Waals surface area (Å²) in [5, 5.41) is 0. The van der Waals surface area contributed by atoms with Crippen molar-refractivity contribution in [3.05, 3.63) is 11.0 Å². The Kier molecular flexibility index (Phi) is 9.83. The molecule has 0 bridgehead atoms. The molecule has 0 unspecified atom stereocenters. The van der Waals surface area contributed by atoms with Crippen LogP contribution >= 0.6 is 0 Å². The summed E-state index contributed by atoms with van der Waals surface area (Å²) >= 11 is -0.0763. The van der Waals surface area contributed by atoms with E-state index in [1.165, 1.54) is 25.7 Å². The first-order chi connectivity index (χ1) is 11.6. The van der Waals surface area contributed by atoms with E-state index in [1.807, 2.05) is 0 Å². The SMILES string of the molecule is C=[C]([Al][CH](CC(C)C)CC(C)C)C(=O)O[C@@H]1C[C@H](C)CC[C@H]1C(C)C. The van der Waals surface area contributed by atoms with Gasteiger partial charge in [0.2, 0.25) is 0 Å². The second kappa shape index (κ2) is 10.8. The summed E-state index contributed by atoms with van der Waals surface area (Å²) in [5.41, 5.74) is 0. The zero-order chi connectivity index (χ0) is 19.1. The molecule has 2 nitrogen and oxygen atoms in total. The van der Waals surface area contributed by atoms with Crippen molar-refractivity contribution in [2.45, 2.75) is 91.5 Å². The van der Waals surface area contributed by atoms with E-state index in [1.54, 1.807) is 0 Å². The second-order valence-electron chi connectivity index (χ2n) is 9.48. The summed E-state index contributed by atoms with van der Waals surface area (Å²) in [5.74, 6) is 2.96. The van der Waals surface area contributed by atoms with Crippen LogP contribution in [0, 0.1) is 29.6 Å². The first kappa shape index (κ1) is 22.8. The molecule has 1 aliphatic rings. The number of carbonyl (C=O) groups excluding carboxylic acids is 1. The third kappa shape index (κ3) is 8.31. The van der Waals surface area contributed by atoms with Gasteiger partial charge in [-0.1, -0.05) is 72.5 Å². The van der Waals surface area contributed by atoms with Crippen molar-refractivity contribution in [3.8, 4) is 0 Å². The highest BCUT2D eigenvalue weighted by Gasteiger charge is 2.34. The Morgan fingerprint density at radius 1 is 1.08 bits per heavy atom. The lowest BCUT2D eigenvalue weighted by atomic mass is 9.75. The van der Waals surface area contributed by atoms with Crippen molar-refractivity contribution in [1.29, 1.82) is 0 Å². The molecule has 0 aliphatic heterocycles.